The van der Waals surface area contributed by atoms with Crippen molar-refractivity contribution >= 4 is 11.8 Å². The lowest BCUT2D eigenvalue weighted by molar-refractivity contribution is 0.271. The Hall–Kier alpha value is -0.870. The third-order valence-corrected chi connectivity index (χ3v) is 2.75. The van der Waals surface area contributed by atoms with E-state index in [0.717, 1.165) is 16.2 Å². The van der Waals surface area contributed by atoms with Crippen LogP contribution >= 0.6 is 11.8 Å². The molecule has 0 saturated carbocycles. The number of thioether (sulfide) groups is 1. The van der Waals surface area contributed by atoms with E-state index in [-0.39, 0.29) is 6.61 Å². The van der Waals surface area contributed by atoms with Gasteiger partial charge in [-0.1, -0.05) is 0 Å². The summed E-state index contributed by atoms with van der Waals surface area (Å²) in [5.41, 5.74) is 0.776. The molecule has 0 heterocycles. The van der Waals surface area contributed by atoms with Crippen molar-refractivity contribution in [2.45, 2.75) is 11.5 Å². The molecule has 0 radical (unpaired) electrons. The Morgan fingerprint density at radius 2 is 2.00 bits per heavy atom. The van der Waals surface area contributed by atoms with Crippen LogP contribution in [-0.4, -0.2) is 25.6 Å². The molecule has 0 aromatic heterocycles. The molecule has 3 nitrogen and oxygen atoms in total. The Labute approximate surface area is 88.0 Å². The smallest absolute Gasteiger partial charge is 0.141 e. The fraction of sp³-hybridized carbons (Fsp3) is 0.400. The summed E-state index contributed by atoms with van der Waals surface area (Å²) < 4.78 is 10.4. The van der Waals surface area contributed by atoms with Gasteiger partial charge >= 0.3 is 0 Å². The standard InChI is InChI=1S/C10H14O3S/c1-12-8-5-4-7(6-11)9(13-2)10(8)14-3/h4-5,11H,6H2,1-3H3. The highest BCUT2D eigenvalue weighted by atomic mass is 32.2. The van der Waals surface area contributed by atoms with Crippen LogP contribution < -0.4 is 9.47 Å². The summed E-state index contributed by atoms with van der Waals surface area (Å²) in [6.07, 6.45) is 1.95. The molecule has 1 aromatic rings. The van der Waals surface area contributed by atoms with Crippen LogP contribution in [0.4, 0.5) is 0 Å². The maximum atomic E-state index is 9.10. The van der Waals surface area contributed by atoms with Gasteiger partial charge in [0.1, 0.15) is 11.5 Å². The monoisotopic (exact) mass is 214 g/mol. The molecule has 0 unspecified atom stereocenters. The van der Waals surface area contributed by atoms with Gasteiger partial charge < -0.3 is 14.6 Å². The van der Waals surface area contributed by atoms with Crippen molar-refractivity contribution in [1.82, 2.24) is 0 Å². The number of methoxy groups -OCH3 is 2. The normalized spacial score (nSPS) is 10.0. The second-order valence-electron chi connectivity index (χ2n) is 2.65. The van der Waals surface area contributed by atoms with Crippen LogP contribution in [0.1, 0.15) is 5.56 Å². The minimum absolute atomic E-state index is 0.0271. The van der Waals surface area contributed by atoms with Crippen LogP contribution in [-0.2, 0) is 6.61 Å². The molecule has 0 aliphatic heterocycles. The van der Waals surface area contributed by atoms with E-state index in [1.165, 1.54) is 11.8 Å². The fourth-order valence-corrected chi connectivity index (χ4v) is 2.04. The first-order valence-corrected chi connectivity index (χ1v) is 5.39. The SMILES string of the molecule is COc1ccc(CO)c(OC)c1SC. The van der Waals surface area contributed by atoms with Crippen LogP contribution in [0.3, 0.4) is 0 Å². The molecular formula is C10H14O3S. The van der Waals surface area contributed by atoms with Gasteiger partial charge in [0.2, 0.25) is 0 Å². The zero-order chi connectivity index (χ0) is 10.6. The number of ether oxygens (including phenoxy) is 2. The first kappa shape index (κ1) is 11.2. The average Bonchev–Trinajstić information content (AvgIpc) is 2.26. The molecule has 1 aromatic carbocycles. The van der Waals surface area contributed by atoms with Crippen LogP contribution in [0, 0.1) is 0 Å². The zero-order valence-corrected chi connectivity index (χ0v) is 9.35. The second-order valence-corrected chi connectivity index (χ2v) is 3.47. The summed E-state index contributed by atoms with van der Waals surface area (Å²) in [5.74, 6) is 1.46. The van der Waals surface area contributed by atoms with Gasteiger partial charge in [-0.2, -0.15) is 0 Å². The number of rotatable bonds is 4. The Bertz CT molecular complexity index is 281. The molecule has 4 heteroatoms. The van der Waals surface area contributed by atoms with E-state index in [2.05, 4.69) is 0 Å². The molecule has 0 aliphatic rings. The van der Waals surface area contributed by atoms with Gasteiger partial charge in [-0.05, 0) is 18.4 Å². The largest absolute Gasteiger partial charge is 0.495 e. The van der Waals surface area contributed by atoms with Gasteiger partial charge in [0, 0.05) is 5.56 Å². The third-order valence-electron chi connectivity index (χ3n) is 1.96. The predicted molar refractivity (Wildman–Crippen MR) is 57.2 cm³/mol. The maximum absolute atomic E-state index is 9.10. The predicted octanol–water partition coefficient (Wildman–Crippen LogP) is 1.92. The van der Waals surface area contributed by atoms with Crippen molar-refractivity contribution in [3.63, 3.8) is 0 Å². The van der Waals surface area contributed by atoms with Gasteiger partial charge in [-0.15, -0.1) is 11.8 Å². The molecule has 0 amide bonds. The molecule has 0 bridgehead atoms. The second kappa shape index (κ2) is 5.12. The van der Waals surface area contributed by atoms with E-state index in [1.54, 1.807) is 20.3 Å². The minimum Gasteiger partial charge on any atom is -0.495 e. The highest BCUT2D eigenvalue weighted by Gasteiger charge is 2.13. The van der Waals surface area contributed by atoms with Gasteiger partial charge in [0.15, 0.2) is 0 Å². The van der Waals surface area contributed by atoms with Crippen molar-refractivity contribution < 1.29 is 14.6 Å². The van der Waals surface area contributed by atoms with Gasteiger partial charge in [0.25, 0.3) is 0 Å². The molecule has 0 saturated heterocycles. The van der Waals surface area contributed by atoms with E-state index in [4.69, 9.17) is 14.6 Å². The molecule has 0 aliphatic carbocycles. The summed E-state index contributed by atoms with van der Waals surface area (Å²) in [6.45, 7) is -0.0271. The van der Waals surface area contributed by atoms with Crippen LogP contribution in [0.5, 0.6) is 11.5 Å². The Morgan fingerprint density at radius 1 is 1.29 bits per heavy atom. The first-order chi connectivity index (χ1) is 6.78. The lowest BCUT2D eigenvalue weighted by atomic mass is 10.2. The zero-order valence-electron chi connectivity index (χ0n) is 8.53. The van der Waals surface area contributed by atoms with Crippen molar-refractivity contribution in [2.75, 3.05) is 20.5 Å². The highest BCUT2D eigenvalue weighted by molar-refractivity contribution is 7.98. The average molecular weight is 214 g/mol. The fourth-order valence-electron chi connectivity index (χ4n) is 1.29. The van der Waals surface area contributed by atoms with E-state index < -0.39 is 0 Å². The number of aliphatic hydroxyl groups excluding tert-OH is 1. The minimum atomic E-state index is -0.0271. The Morgan fingerprint density at radius 3 is 2.43 bits per heavy atom. The molecule has 1 rings (SSSR count). The van der Waals surface area contributed by atoms with Gasteiger partial charge in [-0.3, -0.25) is 0 Å². The molecule has 0 spiro atoms. The molecular weight excluding hydrogens is 200 g/mol. The Kier molecular flexibility index (Phi) is 4.10. The third kappa shape index (κ3) is 1.96. The molecule has 14 heavy (non-hydrogen) atoms. The summed E-state index contributed by atoms with van der Waals surface area (Å²) in [7, 11) is 3.21. The van der Waals surface area contributed by atoms with Crippen molar-refractivity contribution in [3.8, 4) is 11.5 Å². The van der Waals surface area contributed by atoms with Crippen molar-refractivity contribution in [2.24, 2.45) is 0 Å². The van der Waals surface area contributed by atoms with Crippen LogP contribution in [0.2, 0.25) is 0 Å². The molecule has 0 fully saturated rings. The number of aliphatic hydroxyl groups is 1. The van der Waals surface area contributed by atoms with Gasteiger partial charge in [-0.25, -0.2) is 0 Å². The number of benzene rings is 1. The van der Waals surface area contributed by atoms with E-state index in [1.807, 2.05) is 12.3 Å². The summed E-state index contributed by atoms with van der Waals surface area (Å²) in [5, 5.41) is 9.10. The lowest BCUT2D eigenvalue weighted by Gasteiger charge is -2.13. The number of hydrogen-bond acceptors (Lipinski definition) is 4. The molecule has 78 valence electrons. The Balaban J connectivity index is 3.28. The maximum Gasteiger partial charge on any atom is 0.141 e. The van der Waals surface area contributed by atoms with Crippen molar-refractivity contribution in [3.05, 3.63) is 17.7 Å². The quantitative estimate of drug-likeness (QED) is 0.777. The van der Waals surface area contributed by atoms with Crippen LogP contribution in [0.25, 0.3) is 0 Å². The van der Waals surface area contributed by atoms with E-state index >= 15 is 0 Å². The van der Waals surface area contributed by atoms with Crippen molar-refractivity contribution in [1.29, 1.82) is 0 Å². The summed E-state index contributed by atoms with van der Waals surface area (Å²) >= 11 is 1.54. The highest BCUT2D eigenvalue weighted by Crippen LogP contribution is 2.38. The van der Waals surface area contributed by atoms with Crippen LogP contribution in [0.15, 0.2) is 17.0 Å². The van der Waals surface area contributed by atoms with E-state index in [0.29, 0.717) is 5.75 Å². The number of hydrogen-bond donors (Lipinski definition) is 1. The molecule has 0 atom stereocenters. The summed E-state index contributed by atoms with van der Waals surface area (Å²) in [6, 6.07) is 3.64. The van der Waals surface area contributed by atoms with E-state index in [9.17, 15) is 0 Å². The topological polar surface area (TPSA) is 38.7 Å². The van der Waals surface area contributed by atoms with Gasteiger partial charge in [0.05, 0.1) is 25.7 Å². The molecule has 1 N–H and O–H groups in total. The first-order valence-electron chi connectivity index (χ1n) is 4.17. The lowest BCUT2D eigenvalue weighted by Crippen LogP contribution is -1.96. The summed E-state index contributed by atoms with van der Waals surface area (Å²) in [4.78, 5) is 0.918.